The molecule has 1 aromatic rings. The van der Waals surface area contributed by atoms with Gasteiger partial charge in [0.2, 0.25) is 0 Å². The lowest BCUT2D eigenvalue weighted by Gasteiger charge is -2.28. The largest absolute Gasteiger partial charge is 0.496 e. The van der Waals surface area contributed by atoms with Gasteiger partial charge in [-0.2, -0.15) is 0 Å². The van der Waals surface area contributed by atoms with Gasteiger partial charge in [-0.15, -0.1) is 0 Å². The molecule has 0 fully saturated rings. The van der Waals surface area contributed by atoms with Crippen LogP contribution in [0, 0.1) is 0 Å². The van der Waals surface area contributed by atoms with Gasteiger partial charge >= 0.3 is 6.09 Å². The number of nitrogens with two attached hydrogens (primary N) is 1. The van der Waals surface area contributed by atoms with Crippen molar-refractivity contribution in [3.63, 3.8) is 0 Å². The molecular weight excluding hydrogens is 244 g/mol. The third kappa shape index (κ3) is 4.44. The molecule has 0 aliphatic heterocycles. The van der Waals surface area contributed by atoms with Crippen molar-refractivity contribution in [1.82, 2.24) is 4.90 Å². The van der Waals surface area contributed by atoms with Gasteiger partial charge in [-0.1, -0.05) is 25.1 Å². The molecule has 5 nitrogen and oxygen atoms in total. The lowest BCUT2D eigenvalue weighted by molar-refractivity contribution is 0.123. The number of likely N-dealkylation sites (N-methyl/N-ethyl adjacent to an activating group) is 1. The smallest absolute Gasteiger partial charge is 0.404 e. The number of carbonyl (C=O) groups excluding carboxylic acids is 1. The second-order valence-corrected chi connectivity index (χ2v) is 4.21. The summed E-state index contributed by atoms with van der Waals surface area (Å²) in [6.45, 7) is 5.95. The summed E-state index contributed by atoms with van der Waals surface area (Å²) in [5.41, 5.74) is 6.07. The number of rotatable bonds is 7. The summed E-state index contributed by atoms with van der Waals surface area (Å²) in [5, 5.41) is 0. The van der Waals surface area contributed by atoms with Gasteiger partial charge in [-0.3, -0.25) is 4.90 Å². The van der Waals surface area contributed by atoms with E-state index in [0.29, 0.717) is 13.2 Å². The van der Waals surface area contributed by atoms with Gasteiger partial charge in [0, 0.05) is 18.2 Å². The molecule has 0 spiro atoms. The highest BCUT2D eigenvalue weighted by Crippen LogP contribution is 2.28. The standard InChI is InChI=1S/C14H22N2O3/c1-4-16(9-10-19-14(15)17)11(2)12-7-5-6-8-13(12)18-3/h5-8,11H,4,9-10H2,1-3H3,(H2,15,17)/t11-/m0/s1. The zero-order chi connectivity index (χ0) is 14.3. The Balaban J connectivity index is 2.71. The molecule has 1 atom stereocenters. The van der Waals surface area contributed by atoms with Crippen LogP contribution in [0.25, 0.3) is 0 Å². The molecule has 5 heteroatoms. The van der Waals surface area contributed by atoms with E-state index in [-0.39, 0.29) is 6.04 Å². The third-order valence-electron chi connectivity index (χ3n) is 3.17. The summed E-state index contributed by atoms with van der Waals surface area (Å²) >= 11 is 0. The van der Waals surface area contributed by atoms with E-state index in [2.05, 4.69) is 18.7 Å². The lowest BCUT2D eigenvalue weighted by atomic mass is 10.1. The van der Waals surface area contributed by atoms with Crippen molar-refractivity contribution in [2.45, 2.75) is 19.9 Å². The molecule has 0 saturated heterocycles. The van der Waals surface area contributed by atoms with Crippen LogP contribution in [-0.4, -0.2) is 37.8 Å². The van der Waals surface area contributed by atoms with Gasteiger partial charge in [0.05, 0.1) is 7.11 Å². The Morgan fingerprint density at radius 2 is 2.11 bits per heavy atom. The van der Waals surface area contributed by atoms with E-state index >= 15 is 0 Å². The molecule has 0 radical (unpaired) electrons. The fourth-order valence-corrected chi connectivity index (χ4v) is 2.10. The summed E-state index contributed by atoms with van der Waals surface area (Å²) in [6.07, 6.45) is -0.735. The maximum absolute atomic E-state index is 10.6. The Bertz CT molecular complexity index is 409. The van der Waals surface area contributed by atoms with Gasteiger partial charge in [0.15, 0.2) is 0 Å². The molecule has 0 heterocycles. The Kier molecular flexibility index (Phi) is 6.15. The van der Waals surface area contributed by atoms with Crippen LogP contribution in [0.1, 0.15) is 25.5 Å². The van der Waals surface area contributed by atoms with Crippen molar-refractivity contribution in [2.75, 3.05) is 26.8 Å². The minimum Gasteiger partial charge on any atom is -0.496 e. The number of hydrogen-bond acceptors (Lipinski definition) is 4. The second-order valence-electron chi connectivity index (χ2n) is 4.21. The first-order chi connectivity index (χ1) is 9.10. The Hall–Kier alpha value is -1.75. The van der Waals surface area contributed by atoms with E-state index < -0.39 is 6.09 Å². The molecule has 0 bridgehead atoms. The van der Waals surface area contributed by atoms with E-state index in [0.717, 1.165) is 17.9 Å². The number of primary amides is 1. The Labute approximate surface area is 114 Å². The number of carbonyl (C=O) groups is 1. The van der Waals surface area contributed by atoms with Gasteiger partial charge in [0.25, 0.3) is 0 Å². The summed E-state index contributed by atoms with van der Waals surface area (Å²) in [6, 6.07) is 8.10. The number of hydrogen-bond donors (Lipinski definition) is 1. The monoisotopic (exact) mass is 266 g/mol. The number of para-hydroxylation sites is 1. The second kappa shape index (κ2) is 7.63. The van der Waals surface area contributed by atoms with E-state index in [1.54, 1.807) is 7.11 Å². The maximum atomic E-state index is 10.6. The van der Waals surface area contributed by atoms with E-state index in [4.69, 9.17) is 15.2 Å². The van der Waals surface area contributed by atoms with Crippen molar-refractivity contribution in [3.8, 4) is 5.75 Å². The molecule has 0 aromatic heterocycles. The predicted molar refractivity (Wildman–Crippen MR) is 74.2 cm³/mol. The van der Waals surface area contributed by atoms with Crippen LogP contribution in [0.4, 0.5) is 4.79 Å². The average molecular weight is 266 g/mol. The molecule has 1 rings (SSSR count). The highest BCUT2D eigenvalue weighted by atomic mass is 16.5. The summed E-state index contributed by atoms with van der Waals surface area (Å²) < 4.78 is 10.2. The number of methoxy groups -OCH3 is 1. The van der Waals surface area contributed by atoms with Crippen LogP contribution in [0.2, 0.25) is 0 Å². The summed E-state index contributed by atoms with van der Waals surface area (Å²) in [5.74, 6) is 0.865. The molecule has 19 heavy (non-hydrogen) atoms. The van der Waals surface area contributed by atoms with Gasteiger partial charge < -0.3 is 15.2 Å². The first-order valence-electron chi connectivity index (χ1n) is 6.39. The summed E-state index contributed by atoms with van der Waals surface area (Å²) in [7, 11) is 1.66. The molecule has 1 aromatic carbocycles. The van der Waals surface area contributed by atoms with Crippen LogP contribution in [0.15, 0.2) is 24.3 Å². The molecule has 0 aliphatic carbocycles. The fourth-order valence-electron chi connectivity index (χ4n) is 2.10. The van der Waals surface area contributed by atoms with E-state index in [1.807, 2.05) is 24.3 Å². The Morgan fingerprint density at radius 3 is 2.68 bits per heavy atom. The molecule has 0 unspecified atom stereocenters. The van der Waals surface area contributed by atoms with Crippen molar-refractivity contribution >= 4 is 6.09 Å². The van der Waals surface area contributed by atoms with E-state index in [1.165, 1.54) is 0 Å². The van der Waals surface area contributed by atoms with Crippen molar-refractivity contribution < 1.29 is 14.3 Å². The number of benzene rings is 1. The van der Waals surface area contributed by atoms with Crippen LogP contribution in [0.5, 0.6) is 5.75 Å². The zero-order valence-electron chi connectivity index (χ0n) is 11.8. The lowest BCUT2D eigenvalue weighted by Crippen LogP contribution is -2.31. The topological polar surface area (TPSA) is 64.8 Å². The number of nitrogens with zero attached hydrogens (tertiary/aromatic N) is 1. The van der Waals surface area contributed by atoms with E-state index in [9.17, 15) is 4.79 Å². The molecule has 106 valence electrons. The third-order valence-corrected chi connectivity index (χ3v) is 3.17. The molecule has 0 saturated carbocycles. The van der Waals surface area contributed by atoms with Crippen molar-refractivity contribution in [1.29, 1.82) is 0 Å². The molecule has 1 amide bonds. The fraction of sp³-hybridized carbons (Fsp3) is 0.500. The molecule has 2 N–H and O–H groups in total. The minimum absolute atomic E-state index is 0.178. The minimum atomic E-state index is -0.735. The van der Waals surface area contributed by atoms with Gasteiger partial charge in [0.1, 0.15) is 12.4 Å². The van der Waals surface area contributed by atoms with Crippen LogP contribution in [0.3, 0.4) is 0 Å². The number of amides is 1. The quantitative estimate of drug-likeness (QED) is 0.821. The normalized spacial score (nSPS) is 12.2. The van der Waals surface area contributed by atoms with Gasteiger partial charge in [-0.25, -0.2) is 4.79 Å². The van der Waals surface area contributed by atoms with Crippen molar-refractivity contribution in [3.05, 3.63) is 29.8 Å². The first-order valence-corrected chi connectivity index (χ1v) is 6.39. The summed E-state index contributed by atoms with van der Waals surface area (Å²) in [4.78, 5) is 12.8. The predicted octanol–water partition coefficient (Wildman–Crippen LogP) is 2.17. The molecular formula is C14H22N2O3. The zero-order valence-corrected chi connectivity index (χ0v) is 11.8. The highest BCUT2D eigenvalue weighted by Gasteiger charge is 2.17. The van der Waals surface area contributed by atoms with Crippen LogP contribution in [-0.2, 0) is 4.74 Å². The highest BCUT2D eigenvalue weighted by molar-refractivity contribution is 5.64. The average Bonchev–Trinajstić information content (AvgIpc) is 2.42. The van der Waals surface area contributed by atoms with Crippen LogP contribution >= 0.6 is 0 Å². The maximum Gasteiger partial charge on any atom is 0.404 e. The van der Waals surface area contributed by atoms with Gasteiger partial charge in [-0.05, 0) is 19.5 Å². The molecule has 0 aliphatic rings. The Morgan fingerprint density at radius 1 is 1.42 bits per heavy atom. The van der Waals surface area contributed by atoms with Crippen molar-refractivity contribution in [2.24, 2.45) is 5.73 Å². The number of ether oxygens (including phenoxy) is 2. The van der Waals surface area contributed by atoms with Crippen LogP contribution < -0.4 is 10.5 Å². The first kappa shape index (κ1) is 15.3. The SMILES string of the molecule is CCN(CCOC(N)=O)[C@@H](C)c1ccccc1OC.